The van der Waals surface area contributed by atoms with Gasteiger partial charge in [-0.25, -0.2) is 0 Å². The zero-order valence-corrected chi connectivity index (χ0v) is 9.61. The molecule has 0 saturated heterocycles. The Morgan fingerprint density at radius 3 is 2.89 bits per heavy atom. The van der Waals surface area contributed by atoms with Gasteiger partial charge in [-0.1, -0.05) is 12.2 Å². The zero-order valence-electron chi connectivity index (χ0n) is 9.61. The van der Waals surface area contributed by atoms with Gasteiger partial charge in [-0.15, -0.1) is 0 Å². The molecule has 0 unspecified atom stereocenters. The van der Waals surface area contributed by atoms with Crippen LogP contribution in [0.5, 0.6) is 5.75 Å². The van der Waals surface area contributed by atoms with Gasteiger partial charge in [0.15, 0.2) is 0 Å². The summed E-state index contributed by atoms with van der Waals surface area (Å²) in [6.07, 6.45) is 2.36. The van der Waals surface area contributed by atoms with E-state index in [0.29, 0.717) is 0 Å². The minimum Gasteiger partial charge on any atom is -0.508 e. The average Bonchev–Trinajstić information content (AvgIpc) is 2.34. The summed E-state index contributed by atoms with van der Waals surface area (Å²) in [6.45, 7) is 0.393. The monoisotopic (exact) mass is 253 g/mol. The Balaban J connectivity index is 2.69. The largest absolute Gasteiger partial charge is 0.508 e. The van der Waals surface area contributed by atoms with E-state index in [9.17, 15) is 15.2 Å². The van der Waals surface area contributed by atoms with Gasteiger partial charge >= 0.3 is 0 Å². The van der Waals surface area contributed by atoms with E-state index in [-0.39, 0.29) is 30.2 Å². The van der Waals surface area contributed by atoms with E-state index in [1.807, 2.05) is 0 Å². The molecule has 98 valence electrons. The Morgan fingerprint density at radius 2 is 2.28 bits per heavy atom. The highest BCUT2D eigenvalue weighted by Gasteiger charge is 2.13. The van der Waals surface area contributed by atoms with Gasteiger partial charge in [-0.05, 0) is 6.07 Å². The lowest BCUT2D eigenvalue weighted by Gasteiger charge is -2.05. The van der Waals surface area contributed by atoms with Gasteiger partial charge in [0, 0.05) is 25.2 Å². The van der Waals surface area contributed by atoms with Crippen molar-refractivity contribution in [1.29, 1.82) is 0 Å². The molecule has 0 radical (unpaired) electrons. The molecule has 0 bridgehead atoms. The maximum Gasteiger partial charge on any atom is 0.292 e. The van der Waals surface area contributed by atoms with Crippen molar-refractivity contribution in [3.8, 4) is 5.75 Å². The maximum atomic E-state index is 10.7. The fourth-order valence-corrected chi connectivity index (χ4v) is 1.30. The summed E-state index contributed by atoms with van der Waals surface area (Å²) in [5.74, 6) is -0.0610. The molecule has 5 N–H and O–H groups in total. The molecule has 0 spiro atoms. The van der Waals surface area contributed by atoms with Crippen LogP contribution in [0.25, 0.3) is 0 Å². The number of hydrogen-bond acceptors (Lipinski definition) is 6. The third kappa shape index (κ3) is 4.04. The Bertz CT molecular complexity index is 448. The van der Waals surface area contributed by atoms with Crippen molar-refractivity contribution in [1.82, 2.24) is 0 Å². The molecular weight excluding hydrogens is 238 g/mol. The van der Waals surface area contributed by atoms with Gasteiger partial charge in [0.2, 0.25) is 0 Å². The lowest BCUT2D eigenvalue weighted by atomic mass is 10.2. The molecule has 7 heteroatoms. The molecule has 1 rings (SSSR count). The normalized spacial score (nSPS) is 12.6. The van der Waals surface area contributed by atoms with Crippen molar-refractivity contribution in [3.05, 3.63) is 40.5 Å². The lowest BCUT2D eigenvalue weighted by Crippen LogP contribution is -2.17. The highest BCUT2D eigenvalue weighted by atomic mass is 16.6. The Morgan fingerprint density at radius 1 is 1.56 bits per heavy atom. The van der Waals surface area contributed by atoms with Gasteiger partial charge in [0.25, 0.3) is 5.69 Å². The molecule has 1 atom stereocenters. The minimum absolute atomic E-state index is 0.0610. The Hall–Kier alpha value is -2.12. The van der Waals surface area contributed by atoms with Crippen LogP contribution in [-0.2, 0) is 0 Å². The average molecular weight is 253 g/mol. The number of aromatic hydroxyl groups is 1. The molecule has 1 aromatic rings. The fraction of sp³-hybridized carbons (Fsp3) is 0.273. The van der Waals surface area contributed by atoms with Gasteiger partial charge in [-0.2, -0.15) is 0 Å². The number of phenols is 1. The number of aliphatic hydroxyl groups is 1. The van der Waals surface area contributed by atoms with E-state index < -0.39 is 11.0 Å². The number of rotatable bonds is 6. The number of nitrogens with one attached hydrogen (secondary N) is 1. The van der Waals surface area contributed by atoms with Crippen LogP contribution < -0.4 is 11.1 Å². The number of nitro benzene ring substituents is 1. The third-order valence-corrected chi connectivity index (χ3v) is 2.19. The Kier molecular flexibility index (Phi) is 5.09. The number of nitrogens with two attached hydrogens (primary N) is 1. The quantitative estimate of drug-likeness (QED) is 0.334. The molecule has 1 aromatic carbocycles. The highest BCUT2D eigenvalue weighted by Crippen LogP contribution is 2.27. The van der Waals surface area contributed by atoms with E-state index in [2.05, 4.69) is 5.32 Å². The van der Waals surface area contributed by atoms with Crippen LogP contribution in [0.3, 0.4) is 0 Å². The lowest BCUT2D eigenvalue weighted by molar-refractivity contribution is -0.384. The summed E-state index contributed by atoms with van der Waals surface area (Å²) in [7, 11) is 0. The highest BCUT2D eigenvalue weighted by molar-refractivity contribution is 5.64. The number of phenolic OH excluding ortho intramolecular Hbond substituents is 1. The van der Waals surface area contributed by atoms with Crippen LogP contribution in [0, 0.1) is 10.1 Å². The van der Waals surface area contributed by atoms with Gasteiger partial charge in [-0.3, -0.25) is 10.1 Å². The molecule has 18 heavy (non-hydrogen) atoms. The molecule has 0 aliphatic carbocycles. The van der Waals surface area contributed by atoms with Gasteiger partial charge in [0.1, 0.15) is 11.4 Å². The molecule has 7 nitrogen and oxygen atoms in total. The number of nitrogens with zero attached hydrogens (tertiary/aromatic N) is 1. The second-order valence-corrected chi connectivity index (χ2v) is 3.57. The first kappa shape index (κ1) is 13.9. The third-order valence-electron chi connectivity index (χ3n) is 2.19. The minimum atomic E-state index is -0.731. The maximum absolute atomic E-state index is 10.7. The van der Waals surface area contributed by atoms with Crippen molar-refractivity contribution in [2.75, 3.05) is 18.4 Å². The van der Waals surface area contributed by atoms with Crippen molar-refractivity contribution < 1.29 is 15.1 Å². The number of aliphatic hydroxyl groups excluding tert-OH is 1. The molecular formula is C11H15N3O4. The first-order chi connectivity index (χ1) is 8.54. The van der Waals surface area contributed by atoms with E-state index in [4.69, 9.17) is 10.8 Å². The van der Waals surface area contributed by atoms with E-state index in [1.54, 1.807) is 6.08 Å². The smallest absolute Gasteiger partial charge is 0.292 e. The van der Waals surface area contributed by atoms with Crippen molar-refractivity contribution in [2.45, 2.75) is 6.10 Å². The summed E-state index contributed by atoms with van der Waals surface area (Å²) < 4.78 is 0. The fourth-order valence-electron chi connectivity index (χ4n) is 1.30. The van der Waals surface area contributed by atoms with Crippen LogP contribution in [-0.4, -0.2) is 34.3 Å². The summed E-state index contributed by atoms with van der Waals surface area (Å²) in [6, 6.07) is 3.73. The van der Waals surface area contributed by atoms with Gasteiger partial charge in [0.05, 0.1) is 11.0 Å². The van der Waals surface area contributed by atoms with E-state index in [1.165, 1.54) is 24.3 Å². The van der Waals surface area contributed by atoms with Crippen molar-refractivity contribution in [3.63, 3.8) is 0 Å². The SMILES string of the molecule is NC[C@H](O)/C=C/CNc1cc(O)ccc1[N+](=O)[O-]. The summed E-state index contributed by atoms with van der Waals surface area (Å²) >= 11 is 0. The van der Waals surface area contributed by atoms with E-state index in [0.717, 1.165) is 0 Å². The number of anilines is 1. The van der Waals surface area contributed by atoms with Crippen molar-refractivity contribution in [2.24, 2.45) is 5.73 Å². The molecule has 0 aromatic heterocycles. The van der Waals surface area contributed by atoms with Crippen LogP contribution in [0.2, 0.25) is 0 Å². The summed E-state index contributed by atoms with van der Waals surface area (Å²) in [5.41, 5.74) is 5.30. The molecule has 0 aliphatic heterocycles. The molecule has 0 saturated carbocycles. The summed E-state index contributed by atoms with van der Waals surface area (Å²) in [4.78, 5) is 10.2. The van der Waals surface area contributed by atoms with Crippen LogP contribution in [0.1, 0.15) is 0 Å². The van der Waals surface area contributed by atoms with Crippen LogP contribution in [0.4, 0.5) is 11.4 Å². The van der Waals surface area contributed by atoms with Gasteiger partial charge < -0.3 is 21.3 Å². The number of nitro groups is 1. The standard InChI is InChI=1S/C11H15N3O4/c12-7-9(16)2-1-5-13-10-6-8(15)3-4-11(10)14(17)18/h1-4,6,9,13,15-16H,5,7,12H2/b2-1+/t9-/m1/s1. The second kappa shape index (κ2) is 6.58. The number of benzene rings is 1. The molecule has 0 aliphatic rings. The Labute approximate surface area is 104 Å². The predicted molar refractivity (Wildman–Crippen MR) is 67.5 cm³/mol. The predicted octanol–water partition coefficient (Wildman–Crippen LogP) is 0.588. The summed E-state index contributed by atoms with van der Waals surface area (Å²) in [5, 5.41) is 31.9. The second-order valence-electron chi connectivity index (χ2n) is 3.57. The topological polar surface area (TPSA) is 122 Å². The van der Waals surface area contributed by atoms with Crippen LogP contribution in [0.15, 0.2) is 30.4 Å². The molecule has 0 fully saturated rings. The zero-order chi connectivity index (χ0) is 13.5. The first-order valence-corrected chi connectivity index (χ1v) is 5.30. The van der Waals surface area contributed by atoms with Crippen LogP contribution >= 0.6 is 0 Å². The van der Waals surface area contributed by atoms with Crippen molar-refractivity contribution >= 4 is 11.4 Å². The number of hydrogen-bond donors (Lipinski definition) is 4. The molecule has 0 amide bonds. The first-order valence-electron chi connectivity index (χ1n) is 5.30. The molecule has 0 heterocycles. The van der Waals surface area contributed by atoms with E-state index >= 15 is 0 Å².